The lowest BCUT2D eigenvalue weighted by atomic mass is 10.2. The molecule has 2 aromatic rings. The number of para-hydroxylation sites is 1. The number of aryl methyl sites for hydroxylation is 2. The Balaban J connectivity index is 1.82. The van der Waals surface area contributed by atoms with Crippen LogP contribution in [0.15, 0.2) is 30.3 Å². The van der Waals surface area contributed by atoms with E-state index in [9.17, 15) is 0 Å². The van der Waals surface area contributed by atoms with Gasteiger partial charge < -0.3 is 15.1 Å². The normalized spacial score (nSPS) is 15.9. The molecule has 1 aliphatic heterocycles. The van der Waals surface area contributed by atoms with Crippen molar-refractivity contribution in [2.75, 3.05) is 43.4 Å². The number of rotatable bonds is 3. The van der Waals surface area contributed by atoms with E-state index in [0.717, 1.165) is 43.4 Å². The second-order valence-electron chi connectivity index (χ2n) is 5.92. The molecule has 1 N–H and O–H groups in total. The summed E-state index contributed by atoms with van der Waals surface area (Å²) in [6, 6.07) is 10.3. The first-order valence-corrected chi connectivity index (χ1v) is 7.73. The van der Waals surface area contributed by atoms with Gasteiger partial charge in [0.1, 0.15) is 5.82 Å². The molecule has 1 aromatic heterocycles. The lowest BCUT2D eigenvalue weighted by Gasteiger charge is -2.33. The highest BCUT2D eigenvalue weighted by atomic mass is 15.3. The fourth-order valence-electron chi connectivity index (χ4n) is 2.64. The van der Waals surface area contributed by atoms with Crippen LogP contribution in [0.3, 0.4) is 0 Å². The minimum atomic E-state index is 0.670. The first-order chi connectivity index (χ1) is 10.6. The standard InChI is InChI=1S/C17H23N5/c1-13-6-4-5-7-15(13)19-17-18-14(2)12-16(20-17)22-10-8-21(3)9-11-22/h4-7,12H,8-11H2,1-3H3,(H,18,19,20). The van der Waals surface area contributed by atoms with E-state index in [2.05, 4.69) is 52.3 Å². The van der Waals surface area contributed by atoms with Crippen LogP contribution in [0.4, 0.5) is 17.5 Å². The summed E-state index contributed by atoms with van der Waals surface area (Å²) in [5, 5.41) is 3.34. The van der Waals surface area contributed by atoms with E-state index in [1.165, 1.54) is 5.56 Å². The summed E-state index contributed by atoms with van der Waals surface area (Å²) in [4.78, 5) is 13.9. The zero-order chi connectivity index (χ0) is 15.5. The van der Waals surface area contributed by atoms with Crippen LogP contribution in [-0.2, 0) is 0 Å². The Kier molecular flexibility index (Phi) is 4.24. The summed E-state index contributed by atoms with van der Waals surface area (Å²) in [6.45, 7) is 8.27. The number of aromatic nitrogens is 2. The number of piperazine rings is 1. The van der Waals surface area contributed by atoms with Crippen LogP contribution in [0.25, 0.3) is 0 Å². The second kappa shape index (κ2) is 6.32. The lowest BCUT2D eigenvalue weighted by Crippen LogP contribution is -2.44. The van der Waals surface area contributed by atoms with Crippen molar-refractivity contribution in [2.24, 2.45) is 0 Å². The van der Waals surface area contributed by atoms with Crippen LogP contribution >= 0.6 is 0 Å². The predicted molar refractivity (Wildman–Crippen MR) is 90.9 cm³/mol. The van der Waals surface area contributed by atoms with Crippen LogP contribution in [0.1, 0.15) is 11.3 Å². The predicted octanol–water partition coefficient (Wildman–Crippen LogP) is 2.59. The summed E-state index contributed by atoms with van der Waals surface area (Å²) in [5.41, 5.74) is 3.23. The minimum absolute atomic E-state index is 0.670. The zero-order valence-electron chi connectivity index (χ0n) is 13.5. The first kappa shape index (κ1) is 14.8. The molecular formula is C17H23N5. The van der Waals surface area contributed by atoms with Gasteiger partial charge in [-0.2, -0.15) is 4.98 Å². The van der Waals surface area contributed by atoms with Crippen LogP contribution in [-0.4, -0.2) is 48.1 Å². The van der Waals surface area contributed by atoms with E-state index in [1.807, 2.05) is 19.1 Å². The Morgan fingerprint density at radius 2 is 1.73 bits per heavy atom. The number of hydrogen-bond acceptors (Lipinski definition) is 5. The van der Waals surface area contributed by atoms with Crippen molar-refractivity contribution in [3.05, 3.63) is 41.6 Å². The van der Waals surface area contributed by atoms with Crippen molar-refractivity contribution in [3.63, 3.8) is 0 Å². The van der Waals surface area contributed by atoms with Gasteiger partial charge in [0.2, 0.25) is 5.95 Å². The summed E-state index contributed by atoms with van der Waals surface area (Å²) in [7, 11) is 2.16. The van der Waals surface area contributed by atoms with Crippen LogP contribution < -0.4 is 10.2 Å². The Morgan fingerprint density at radius 3 is 2.45 bits per heavy atom. The monoisotopic (exact) mass is 297 g/mol. The van der Waals surface area contributed by atoms with Crippen molar-refractivity contribution < 1.29 is 0 Å². The van der Waals surface area contributed by atoms with E-state index < -0.39 is 0 Å². The average Bonchev–Trinajstić information content (AvgIpc) is 2.50. The number of likely N-dealkylation sites (N-methyl/N-ethyl adjacent to an activating group) is 1. The van der Waals surface area contributed by atoms with Gasteiger partial charge in [-0.15, -0.1) is 0 Å². The van der Waals surface area contributed by atoms with Crippen molar-refractivity contribution in [2.45, 2.75) is 13.8 Å². The summed E-state index contributed by atoms with van der Waals surface area (Å²) in [6.07, 6.45) is 0. The third-order valence-corrected chi connectivity index (χ3v) is 4.06. The average molecular weight is 297 g/mol. The van der Waals surface area contributed by atoms with Gasteiger partial charge in [0.15, 0.2) is 0 Å². The third-order valence-electron chi connectivity index (χ3n) is 4.06. The number of hydrogen-bond donors (Lipinski definition) is 1. The third kappa shape index (κ3) is 3.36. The largest absolute Gasteiger partial charge is 0.354 e. The molecule has 0 bridgehead atoms. The van der Waals surface area contributed by atoms with Gasteiger partial charge in [-0.05, 0) is 32.5 Å². The van der Waals surface area contributed by atoms with Crippen LogP contribution in [0, 0.1) is 13.8 Å². The molecule has 0 spiro atoms. The van der Waals surface area contributed by atoms with E-state index in [-0.39, 0.29) is 0 Å². The van der Waals surface area contributed by atoms with Gasteiger partial charge in [-0.3, -0.25) is 0 Å². The number of nitrogens with zero attached hydrogens (tertiary/aromatic N) is 4. The maximum absolute atomic E-state index is 4.70. The molecule has 1 fully saturated rings. The van der Waals surface area contributed by atoms with Gasteiger partial charge in [0, 0.05) is 43.6 Å². The molecule has 22 heavy (non-hydrogen) atoms. The molecule has 1 aliphatic rings. The maximum Gasteiger partial charge on any atom is 0.229 e. The number of anilines is 3. The van der Waals surface area contributed by atoms with Crippen molar-refractivity contribution in [1.82, 2.24) is 14.9 Å². The molecular weight excluding hydrogens is 274 g/mol. The summed E-state index contributed by atoms with van der Waals surface area (Å²) >= 11 is 0. The quantitative estimate of drug-likeness (QED) is 0.943. The van der Waals surface area contributed by atoms with Gasteiger partial charge in [0.05, 0.1) is 0 Å². The molecule has 0 radical (unpaired) electrons. The number of benzene rings is 1. The summed E-state index contributed by atoms with van der Waals surface area (Å²) in [5.74, 6) is 1.68. The Morgan fingerprint density at radius 1 is 1.00 bits per heavy atom. The van der Waals surface area contributed by atoms with Crippen LogP contribution in [0.5, 0.6) is 0 Å². The molecule has 5 heteroatoms. The van der Waals surface area contributed by atoms with Gasteiger partial charge in [-0.1, -0.05) is 18.2 Å². The Hall–Kier alpha value is -2.14. The van der Waals surface area contributed by atoms with Gasteiger partial charge in [0.25, 0.3) is 0 Å². The van der Waals surface area contributed by atoms with Crippen molar-refractivity contribution >= 4 is 17.5 Å². The molecule has 0 amide bonds. The molecule has 1 aromatic carbocycles. The highest BCUT2D eigenvalue weighted by molar-refractivity contribution is 5.59. The molecule has 2 heterocycles. The highest BCUT2D eigenvalue weighted by Gasteiger charge is 2.16. The molecule has 0 saturated carbocycles. The maximum atomic E-state index is 4.70. The van der Waals surface area contributed by atoms with E-state index in [4.69, 9.17) is 4.98 Å². The fourth-order valence-corrected chi connectivity index (χ4v) is 2.64. The second-order valence-corrected chi connectivity index (χ2v) is 5.92. The lowest BCUT2D eigenvalue weighted by molar-refractivity contribution is 0.312. The van der Waals surface area contributed by atoms with Crippen molar-refractivity contribution in [1.29, 1.82) is 0 Å². The molecule has 0 atom stereocenters. The molecule has 116 valence electrons. The molecule has 0 aliphatic carbocycles. The van der Waals surface area contributed by atoms with Gasteiger partial charge in [-0.25, -0.2) is 4.98 Å². The number of nitrogens with one attached hydrogen (secondary N) is 1. The van der Waals surface area contributed by atoms with E-state index in [0.29, 0.717) is 5.95 Å². The molecule has 1 saturated heterocycles. The molecule has 0 unspecified atom stereocenters. The fraction of sp³-hybridized carbons (Fsp3) is 0.412. The Labute approximate surface area is 132 Å². The minimum Gasteiger partial charge on any atom is -0.354 e. The summed E-state index contributed by atoms with van der Waals surface area (Å²) < 4.78 is 0. The smallest absolute Gasteiger partial charge is 0.229 e. The Bertz CT molecular complexity index is 647. The van der Waals surface area contributed by atoms with Crippen LogP contribution in [0.2, 0.25) is 0 Å². The highest BCUT2D eigenvalue weighted by Crippen LogP contribution is 2.21. The molecule has 5 nitrogen and oxygen atoms in total. The van der Waals surface area contributed by atoms with E-state index in [1.54, 1.807) is 0 Å². The van der Waals surface area contributed by atoms with Crippen molar-refractivity contribution in [3.8, 4) is 0 Å². The van der Waals surface area contributed by atoms with E-state index >= 15 is 0 Å². The zero-order valence-corrected chi connectivity index (χ0v) is 13.5. The molecule has 3 rings (SSSR count). The topological polar surface area (TPSA) is 44.3 Å². The SMILES string of the molecule is Cc1cc(N2CCN(C)CC2)nc(Nc2ccccc2C)n1. The first-order valence-electron chi connectivity index (χ1n) is 7.73. The van der Waals surface area contributed by atoms with Gasteiger partial charge >= 0.3 is 0 Å².